The van der Waals surface area contributed by atoms with Crippen LogP contribution in [0.4, 0.5) is 17.1 Å². The predicted molar refractivity (Wildman–Crippen MR) is 93.9 cm³/mol. The van der Waals surface area contributed by atoms with Gasteiger partial charge in [0, 0.05) is 30.9 Å². The van der Waals surface area contributed by atoms with E-state index in [2.05, 4.69) is 15.5 Å². The maximum atomic E-state index is 12.4. The lowest BCUT2D eigenvalue weighted by molar-refractivity contribution is -0.114. The largest absolute Gasteiger partial charge is 0.490 e. The minimum absolute atomic E-state index is 0.146. The van der Waals surface area contributed by atoms with Gasteiger partial charge in [0.1, 0.15) is 12.4 Å². The van der Waals surface area contributed by atoms with Crippen molar-refractivity contribution >= 4 is 28.9 Å². The first-order valence-electron chi connectivity index (χ1n) is 7.70. The Morgan fingerprint density at radius 2 is 1.75 bits per heavy atom. The van der Waals surface area contributed by atoms with Gasteiger partial charge in [0.05, 0.1) is 12.2 Å². The Morgan fingerprint density at radius 1 is 1.04 bits per heavy atom. The maximum Gasteiger partial charge on any atom is 0.255 e. The highest BCUT2D eigenvalue weighted by atomic mass is 16.5. The van der Waals surface area contributed by atoms with Crippen LogP contribution >= 0.6 is 0 Å². The summed E-state index contributed by atoms with van der Waals surface area (Å²) in [5, 5.41) is 5.55. The molecule has 0 aliphatic carbocycles. The number of hydrogen-bond acceptors (Lipinski definition) is 4. The summed E-state index contributed by atoms with van der Waals surface area (Å²) in [6.07, 6.45) is 0. The quantitative estimate of drug-likeness (QED) is 0.910. The Bertz CT molecular complexity index is 772. The molecule has 0 radical (unpaired) electrons. The number of fused-ring (bicyclic) bond motifs is 1. The summed E-state index contributed by atoms with van der Waals surface area (Å²) in [5.74, 6) is 0.470. The third-order valence-corrected chi connectivity index (χ3v) is 3.78. The predicted octanol–water partition coefficient (Wildman–Crippen LogP) is 2.73. The molecule has 0 unspecified atom stereocenters. The van der Waals surface area contributed by atoms with Crippen molar-refractivity contribution in [1.29, 1.82) is 0 Å². The number of likely N-dealkylation sites (N-methyl/N-ethyl adjacent to an activating group) is 1. The highest BCUT2D eigenvalue weighted by molar-refractivity contribution is 6.05. The molecule has 6 nitrogen and oxygen atoms in total. The molecule has 0 saturated carbocycles. The number of amides is 2. The minimum Gasteiger partial charge on any atom is -0.490 e. The normalized spacial score (nSPS) is 12.8. The molecule has 0 atom stereocenters. The second-order valence-electron chi connectivity index (χ2n) is 5.67. The van der Waals surface area contributed by atoms with Crippen molar-refractivity contribution in [3.05, 3.63) is 48.0 Å². The second kappa shape index (κ2) is 6.62. The number of rotatable bonds is 3. The van der Waals surface area contributed by atoms with Gasteiger partial charge in [-0.2, -0.15) is 0 Å². The summed E-state index contributed by atoms with van der Waals surface area (Å²) in [4.78, 5) is 25.5. The van der Waals surface area contributed by atoms with Gasteiger partial charge < -0.3 is 20.3 Å². The van der Waals surface area contributed by atoms with Crippen molar-refractivity contribution in [2.45, 2.75) is 6.92 Å². The lowest BCUT2D eigenvalue weighted by atomic mass is 10.1. The molecule has 124 valence electrons. The SMILES string of the molecule is CC(=O)Nc1ccc(C(=O)Nc2ccc3c(c2)N(C)CCO3)cc1. The number of ether oxygens (including phenoxy) is 1. The lowest BCUT2D eigenvalue weighted by Gasteiger charge is -2.28. The number of carbonyl (C=O) groups excluding carboxylic acids is 2. The van der Waals surface area contributed by atoms with E-state index in [9.17, 15) is 9.59 Å². The van der Waals surface area contributed by atoms with E-state index in [0.29, 0.717) is 23.5 Å². The van der Waals surface area contributed by atoms with E-state index in [1.54, 1.807) is 24.3 Å². The molecule has 0 bridgehead atoms. The fraction of sp³-hybridized carbons (Fsp3) is 0.222. The molecule has 0 saturated heterocycles. The first kappa shape index (κ1) is 15.9. The van der Waals surface area contributed by atoms with Gasteiger partial charge in [-0.15, -0.1) is 0 Å². The van der Waals surface area contributed by atoms with Crippen molar-refractivity contribution < 1.29 is 14.3 Å². The molecule has 24 heavy (non-hydrogen) atoms. The number of benzene rings is 2. The van der Waals surface area contributed by atoms with Crippen molar-refractivity contribution in [2.75, 3.05) is 35.7 Å². The van der Waals surface area contributed by atoms with Gasteiger partial charge in [-0.3, -0.25) is 9.59 Å². The van der Waals surface area contributed by atoms with Crippen LogP contribution < -0.4 is 20.3 Å². The molecular formula is C18H19N3O3. The summed E-state index contributed by atoms with van der Waals surface area (Å²) < 4.78 is 5.59. The topological polar surface area (TPSA) is 70.7 Å². The van der Waals surface area contributed by atoms with E-state index in [4.69, 9.17) is 4.74 Å². The van der Waals surface area contributed by atoms with Crippen LogP contribution in [-0.4, -0.2) is 32.0 Å². The van der Waals surface area contributed by atoms with Crippen LogP contribution in [0.1, 0.15) is 17.3 Å². The minimum atomic E-state index is -0.205. The van der Waals surface area contributed by atoms with Crippen molar-refractivity contribution in [2.24, 2.45) is 0 Å². The van der Waals surface area contributed by atoms with Crippen LogP contribution in [0, 0.1) is 0 Å². The number of carbonyl (C=O) groups is 2. The van der Waals surface area contributed by atoms with E-state index < -0.39 is 0 Å². The molecule has 3 rings (SSSR count). The fourth-order valence-electron chi connectivity index (χ4n) is 2.54. The second-order valence-corrected chi connectivity index (χ2v) is 5.67. The zero-order chi connectivity index (χ0) is 17.1. The van der Waals surface area contributed by atoms with E-state index in [0.717, 1.165) is 18.0 Å². The molecule has 2 aromatic rings. The molecule has 2 aromatic carbocycles. The Balaban J connectivity index is 1.73. The average Bonchev–Trinajstić information content (AvgIpc) is 2.56. The summed E-state index contributed by atoms with van der Waals surface area (Å²) in [6, 6.07) is 12.3. The highest BCUT2D eigenvalue weighted by Gasteiger charge is 2.16. The van der Waals surface area contributed by atoms with Gasteiger partial charge in [-0.1, -0.05) is 0 Å². The number of nitrogens with zero attached hydrogens (tertiary/aromatic N) is 1. The van der Waals surface area contributed by atoms with Crippen LogP contribution in [0.25, 0.3) is 0 Å². The Morgan fingerprint density at radius 3 is 2.46 bits per heavy atom. The molecule has 1 aliphatic rings. The summed E-state index contributed by atoms with van der Waals surface area (Å²) >= 11 is 0. The Kier molecular flexibility index (Phi) is 4.37. The van der Waals surface area contributed by atoms with Gasteiger partial charge >= 0.3 is 0 Å². The van der Waals surface area contributed by atoms with Crippen LogP contribution in [0.15, 0.2) is 42.5 Å². The van der Waals surface area contributed by atoms with E-state index >= 15 is 0 Å². The third-order valence-electron chi connectivity index (χ3n) is 3.78. The monoisotopic (exact) mass is 325 g/mol. The van der Waals surface area contributed by atoms with Crippen molar-refractivity contribution in [1.82, 2.24) is 0 Å². The molecular weight excluding hydrogens is 306 g/mol. The molecule has 1 aliphatic heterocycles. The fourth-order valence-corrected chi connectivity index (χ4v) is 2.54. The molecule has 2 N–H and O–H groups in total. The summed E-state index contributed by atoms with van der Waals surface area (Å²) in [6.45, 7) is 2.92. The Hall–Kier alpha value is -3.02. The number of anilines is 3. The lowest BCUT2D eigenvalue weighted by Crippen LogP contribution is -2.28. The first-order valence-corrected chi connectivity index (χ1v) is 7.70. The molecule has 0 spiro atoms. The Labute approximate surface area is 140 Å². The maximum absolute atomic E-state index is 12.4. The number of hydrogen-bond donors (Lipinski definition) is 2. The van der Waals surface area contributed by atoms with Crippen LogP contribution in [0.2, 0.25) is 0 Å². The van der Waals surface area contributed by atoms with Crippen molar-refractivity contribution in [3.8, 4) is 5.75 Å². The van der Waals surface area contributed by atoms with Crippen LogP contribution in [0.5, 0.6) is 5.75 Å². The molecule has 2 amide bonds. The van der Waals surface area contributed by atoms with Gasteiger partial charge in [-0.25, -0.2) is 0 Å². The summed E-state index contributed by atoms with van der Waals surface area (Å²) in [7, 11) is 1.99. The van der Waals surface area contributed by atoms with E-state index in [1.807, 2.05) is 25.2 Å². The average molecular weight is 325 g/mol. The first-order chi connectivity index (χ1) is 11.5. The van der Waals surface area contributed by atoms with Gasteiger partial charge in [-0.05, 0) is 42.5 Å². The van der Waals surface area contributed by atoms with Crippen LogP contribution in [0.3, 0.4) is 0 Å². The standard InChI is InChI=1S/C18H19N3O3/c1-12(22)19-14-5-3-13(4-6-14)18(23)20-15-7-8-17-16(11-15)21(2)9-10-24-17/h3-8,11H,9-10H2,1-2H3,(H,19,22)(H,20,23). The van der Waals surface area contributed by atoms with Gasteiger partial charge in [0.25, 0.3) is 5.91 Å². The molecule has 0 aromatic heterocycles. The smallest absolute Gasteiger partial charge is 0.255 e. The van der Waals surface area contributed by atoms with Gasteiger partial charge in [0.2, 0.25) is 5.91 Å². The van der Waals surface area contributed by atoms with Crippen LogP contribution in [-0.2, 0) is 4.79 Å². The van der Waals surface area contributed by atoms with E-state index in [1.165, 1.54) is 6.92 Å². The zero-order valence-electron chi connectivity index (χ0n) is 13.6. The number of nitrogens with one attached hydrogen (secondary N) is 2. The molecule has 0 fully saturated rings. The molecule has 1 heterocycles. The van der Waals surface area contributed by atoms with E-state index in [-0.39, 0.29) is 11.8 Å². The zero-order valence-corrected chi connectivity index (χ0v) is 13.6. The summed E-state index contributed by atoms with van der Waals surface area (Å²) in [5.41, 5.74) is 2.85. The van der Waals surface area contributed by atoms with Gasteiger partial charge in [0.15, 0.2) is 0 Å². The third kappa shape index (κ3) is 3.48. The van der Waals surface area contributed by atoms with Crippen molar-refractivity contribution in [3.63, 3.8) is 0 Å². The molecule has 6 heteroatoms. The highest BCUT2D eigenvalue weighted by Crippen LogP contribution is 2.33.